The van der Waals surface area contributed by atoms with Gasteiger partial charge in [-0.3, -0.25) is 4.79 Å². The van der Waals surface area contributed by atoms with Gasteiger partial charge in [0.2, 0.25) is 5.91 Å². The molecule has 0 radical (unpaired) electrons. The molecule has 1 aliphatic carbocycles. The summed E-state index contributed by atoms with van der Waals surface area (Å²) in [5.74, 6) is -0.211. The first kappa shape index (κ1) is 12.6. The van der Waals surface area contributed by atoms with E-state index in [9.17, 15) is 4.79 Å². The number of nitrogens with zero attached hydrogens (tertiary/aromatic N) is 1. The molecule has 1 aromatic carbocycles. The summed E-state index contributed by atoms with van der Waals surface area (Å²) in [5, 5.41) is 11.8. The van der Waals surface area contributed by atoms with E-state index in [1.54, 1.807) is 0 Å². The zero-order valence-corrected chi connectivity index (χ0v) is 10.8. The van der Waals surface area contributed by atoms with Crippen LogP contribution in [0, 0.1) is 23.2 Å². The van der Waals surface area contributed by atoms with Crippen LogP contribution in [0.15, 0.2) is 24.3 Å². The molecule has 0 spiro atoms. The van der Waals surface area contributed by atoms with Gasteiger partial charge in [-0.2, -0.15) is 5.26 Å². The van der Waals surface area contributed by atoms with Crippen molar-refractivity contribution in [3.05, 3.63) is 35.4 Å². The molecule has 1 amide bonds. The molecule has 0 heterocycles. The normalized spacial score (nSPS) is 18.4. The Kier molecular flexibility index (Phi) is 3.66. The predicted octanol–water partition coefficient (Wildman–Crippen LogP) is 2.24. The fourth-order valence-electron chi connectivity index (χ4n) is 2.39. The standard InChI is InChI=1S/C15H18N2O/c1-10(2)14(8-16)15(18)17-9-12-7-11-5-3-4-6-13(11)12/h3-6,10,12,14H,7,9H2,1-2H3,(H,17,18). The molecule has 1 aliphatic rings. The summed E-state index contributed by atoms with van der Waals surface area (Å²) in [7, 11) is 0. The largest absolute Gasteiger partial charge is 0.354 e. The van der Waals surface area contributed by atoms with E-state index in [0.29, 0.717) is 12.5 Å². The van der Waals surface area contributed by atoms with Gasteiger partial charge in [0.25, 0.3) is 0 Å². The second kappa shape index (κ2) is 5.22. The highest BCUT2D eigenvalue weighted by Gasteiger charge is 2.27. The molecule has 2 unspecified atom stereocenters. The lowest BCUT2D eigenvalue weighted by Gasteiger charge is -2.30. The van der Waals surface area contributed by atoms with Crippen molar-refractivity contribution in [3.63, 3.8) is 0 Å². The van der Waals surface area contributed by atoms with Gasteiger partial charge in [-0.15, -0.1) is 0 Å². The van der Waals surface area contributed by atoms with Crippen LogP contribution in [0.1, 0.15) is 30.9 Å². The lowest BCUT2D eigenvalue weighted by molar-refractivity contribution is -0.124. The molecule has 94 valence electrons. The fourth-order valence-corrected chi connectivity index (χ4v) is 2.39. The minimum Gasteiger partial charge on any atom is -0.354 e. The summed E-state index contributed by atoms with van der Waals surface area (Å²) >= 11 is 0. The first-order valence-electron chi connectivity index (χ1n) is 6.38. The Hall–Kier alpha value is -1.82. The Morgan fingerprint density at radius 2 is 2.22 bits per heavy atom. The molecule has 2 atom stereocenters. The molecule has 0 saturated heterocycles. The zero-order chi connectivity index (χ0) is 13.1. The molecule has 1 N–H and O–H groups in total. The summed E-state index contributed by atoms with van der Waals surface area (Å²) in [6, 6.07) is 10.4. The Balaban J connectivity index is 1.88. The molecule has 0 aliphatic heterocycles. The van der Waals surface area contributed by atoms with E-state index in [-0.39, 0.29) is 11.8 Å². The third-order valence-electron chi connectivity index (χ3n) is 3.57. The van der Waals surface area contributed by atoms with Gasteiger partial charge in [0.15, 0.2) is 0 Å². The van der Waals surface area contributed by atoms with Crippen molar-refractivity contribution in [2.75, 3.05) is 6.54 Å². The average Bonchev–Trinajstić information content (AvgIpc) is 2.30. The van der Waals surface area contributed by atoms with Gasteiger partial charge in [-0.1, -0.05) is 38.1 Å². The molecule has 2 rings (SSSR count). The number of hydrogen-bond donors (Lipinski definition) is 1. The molecule has 0 bridgehead atoms. The van der Waals surface area contributed by atoms with E-state index >= 15 is 0 Å². The molecule has 3 nitrogen and oxygen atoms in total. The van der Waals surface area contributed by atoms with Crippen LogP contribution in [0.3, 0.4) is 0 Å². The number of nitrogens with one attached hydrogen (secondary N) is 1. The second-order valence-electron chi connectivity index (χ2n) is 5.20. The molecule has 18 heavy (non-hydrogen) atoms. The van der Waals surface area contributed by atoms with Crippen LogP contribution in [0.4, 0.5) is 0 Å². The number of amides is 1. The van der Waals surface area contributed by atoms with Crippen molar-refractivity contribution in [3.8, 4) is 6.07 Å². The van der Waals surface area contributed by atoms with Gasteiger partial charge in [0.05, 0.1) is 6.07 Å². The Labute approximate surface area is 108 Å². The Morgan fingerprint density at radius 1 is 1.50 bits per heavy atom. The zero-order valence-electron chi connectivity index (χ0n) is 10.8. The maximum Gasteiger partial charge on any atom is 0.237 e. The number of carbonyl (C=O) groups is 1. The van der Waals surface area contributed by atoms with Crippen LogP contribution in [-0.4, -0.2) is 12.5 Å². The van der Waals surface area contributed by atoms with Crippen molar-refractivity contribution < 1.29 is 4.79 Å². The van der Waals surface area contributed by atoms with Gasteiger partial charge >= 0.3 is 0 Å². The topological polar surface area (TPSA) is 52.9 Å². The van der Waals surface area contributed by atoms with Gasteiger partial charge in [-0.05, 0) is 23.5 Å². The monoisotopic (exact) mass is 242 g/mol. The summed E-state index contributed by atoms with van der Waals surface area (Å²) < 4.78 is 0. The second-order valence-corrected chi connectivity index (χ2v) is 5.20. The number of fused-ring (bicyclic) bond motifs is 1. The van der Waals surface area contributed by atoms with E-state index < -0.39 is 5.92 Å². The van der Waals surface area contributed by atoms with Crippen LogP contribution in [0.25, 0.3) is 0 Å². The molecule has 0 aromatic heterocycles. The lowest BCUT2D eigenvalue weighted by Crippen LogP contribution is -2.37. The van der Waals surface area contributed by atoms with Crippen LogP contribution in [-0.2, 0) is 11.2 Å². The van der Waals surface area contributed by atoms with Crippen LogP contribution >= 0.6 is 0 Å². The molecule has 3 heteroatoms. The quantitative estimate of drug-likeness (QED) is 0.880. The minimum absolute atomic E-state index is 0.0590. The molecule has 0 saturated carbocycles. The van der Waals surface area contributed by atoms with Crippen LogP contribution in [0.5, 0.6) is 0 Å². The predicted molar refractivity (Wildman–Crippen MR) is 69.8 cm³/mol. The number of nitriles is 1. The summed E-state index contributed by atoms with van der Waals surface area (Å²) in [6.45, 7) is 4.43. The summed E-state index contributed by atoms with van der Waals surface area (Å²) in [5.41, 5.74) is 2.70. The SMILES string of the molecule is CC(C)C(C#N)C(=O)NCC1Cc2ccccc21. The van der Waals surface area contributed by atoms with Gasteiger partial charge in [-0.25, -0.2) is 0 Å². The number of hydrogen-bond acceptors (Lipinski definition) is 2. The van der Waals surface area contributed by atoms with Crippen molar-refractivity contribution in [1.82, 2.24) is 5.32 Å². The molecular formula is C15H18N2O. The van der Waals surface area contributed by atoms with Gasteiger partial charge < -0.3 is 5.32 Å². The average molecular weight is 242 g/mol. The highest BCUT2D eigenvalue weighted by atomic mass is 16.1. The highest BCUT2D eigenvalue weighted by Crippen LogP contribution is 2.34. The van der Waals surface area contributed by atoms with Crippen LogP contribution < -0.4 is 5.32 Å². The smallest absolute Gasteiger partial charge is 0.237 e. The van der Waals surface area contributed by atoms with Gasteiger partial charge in [0, 0.05) is 12.5 Å². The van der Waals surface area contributed by atoms with Crippen LogP contribution in [0.2, 0.25) is 0 Å². The van der Waals surface area contributed by atoms with Crippen molar-refractivity contribution >= 4 is 5.91 Å². The van der Waals surface area contributed by atoms with Crippen molar-refractivity contribution in [2.24, 2.45) is 11.8 Å². The lowest BCUT2D eigenvalue weighted by atomic mass is 9.77. The number of carbonyl (C=O) groups excluding carboxylic acids is 1. The first-order chi connectivity index (χ1) is 8.63. The molecule has 1 aromatic rings. The molecule has 0 fully saturated rings. The van der Waals surface area contributed by atoms with E-state index in [2.05, 4.69) is 23.5 Å². The van der Waals surface area contributed by atoms with Crippen molar-refractivity contribution in [2.45, 2.75) is 26.2 Å². The van der Waals surface area contributed by atoms with E-state index in [0.717, 1.165) is 6.42 Å². The number of benzene rings is 1. The first-order valence-corrected chi connectivity index (χ1v) is 6.38. The maximum atomic E-state index is 11.8. The summed E-state index contributed by atoms with van der Waals surface area (Å²) in [4.78, 5) is 11.8. The maximum absolute atomic E-state index is 11.8. The third kappa shape index (κ3) is 2.38. The minimum atomic E-state index is -0.541. The number of rotatable bonds is 4. The van der Waals surface area contributed by atoms with E-state index in [4.69, 9.17) is 5.26 Å². The summed E-state index contributed by atoms with van der Waals surface area (Å²) in [6.07, 6.45) is 1.02. The van der Waals surface area contributed by atoms with Gasteiger partial charge in [0.1, 0.15) is 5.92 Å². The fraction of sp³-hybridized carbons (Fsp3) is 0.467. The third-order valence-corrected chi connectivity index (χ3v) is 3.57. The molecular weight excluding hydrogens is 224 g/mol. The Morgan fingerprint density at radius 3 is 2.83 bits per heavy atom. The van der Waals surface area contributed by atoms with Crippen molar-refractivity contribution in [1.29, 1.82) is 5.26 Å². The van der Waals surface area contributed by atoms with E-state index in [1.807, 2.05) is 26.0 Å². The highest BCUT2D eigenvalue weighted by molar-refractivity contribution is 5.81. The Bertz CT molecular complexity index is 488. The van der Waals surface area contributed by atoms with E-state index in [1.165, 1.54) is 11.1 Å².